The molecular weight excluding hydrogens is 273 g/mol. The molecule has 3 rings (SSSR count). The zero-order chi connectivity index (χ0) is 14.3. The number of carbonyl (C=O) groups excluding carboxylic acids is 1. The Morgan fingerprint density at radius 1 is 1.25 bits per heavy atom. The molecule has 0 atom stereocenters. The molecule has 1 fully saturated rings. The van der Waals surface area contributed by atoms with E-state index in [9.17, 15) is 18.0 Å². The maximum absolute atomic E-state index is 13.4. The normalized spacial score (nSPS) is 14.3. The third-order valence-corrected chi connectivity index (χ3v) is 2.95. The van der Waals surface area contributed by atoms with E-state index in [1.165, 1.54) is 0 Å². The van der Waals surface area contributed by atoms with Crippen LogP contribution in [0.25, 0.3) is 0 Å². The van der Waals surface area contributed by atoms with Crippen LogP contribution in [0.3, 0.4) is 0 Å². The second kappa shape index (κ2) is 4.62. The molecule has 5 nitrogen and oxygen atoms in total. The summed E-state index contributed by atoms with van der Waals surface area (Å²) in [5.41, 5.74) is -0.466. The molecule has 0 aliphatic heterocycles. The Morgan fingerprint density at radius 3 is 2.70 bits per heavy atom. The highest BCUT2D eigenvalue weighted by Crippen LogP contribution is 2.37. The van der Waals surface area contributed by atoms with Crippen LogP contribution in [-0.2, 0) is 0 Å². The quantitative estimate of drug-likeness (QED) is 0.849. The molecule has 0 spiro atoms. The SMILES string of the molecule is O=C(Nc1ccc(F)c(F)c1F)c1n[nH]c(C2CC2)n1. The Morgan fingerprint density at radius 2 is 2.00 bits per heavy atom. The largest absolute Gasteiger partial charge is 0.317 e. The lowest BCUT2D eigenvalue weighted by atomic mass is 10.2. The lowest BCUT2D eigenvalue weighted by Gasteiger charge is -2.05. The minimum absolute atomic E-state index is 0.170. The van der Waals surface area contributed by atoms with E-state index in [1.807, 2.05) is 0 Å². The van der Waals surface area contributed by atoms with Crippen molar-refractivity contribution in [2.24, 2.45) is 0 Å². The summed E-state index contributed by atoms with van der Waals surface area (Å²) < 4.78 is 39.2. The number of benzene rings is 1. The molecule has 0 saturated heterocycles. The van der Waals surface area contributed by atoms with E-state index < -0.39 is 29.0 Å². The van der Waals surface area contributed by atoms with E-state index in [1.54, 1.807) is 0 Å². The Balaban J connectivity index is 1.79. The summed E-state index contributed by atoms with van der Waals surface area (Å²) in [6, 6.07) is 1.65. The fourth-order valence-corrected chi connectivity index (χ4v) is 1.72. The molecule has 1 amide bonds. The van der Waals surface area contributed by atoms with Gasteiger partial charge in [0.15, 0.2) is 17.5 Å². The molecule has 1 aliphatic rings. The van der Waals surface area contributed by atoms with Crippen LogP contribution in [0.4, 0.5) is 18.9 Å². The molecule has 1 aromatic heterocycles. The van der Waals surface area contributed by atoms with Crippen LogP contribution >= 0.6 is 0 Å². The molecule has 104 valence electrons. The number of anilines is 1. The van der Waals surface area contributed by atoms with Crippen molar-refractivity contribution in [1.82, 2.24) is 15.2 Å². The summed E-state index contributed by atoms with van der Waals surface area (Å²) >= 11 is 0. The zero-order valence-corrected chi connectivity index (χ0v) is 10.1. The third kappa shape index (κ3) is 2.24. The fourth-order valence-electron chi connectivity index (χ4n) is 1.72. The van der Waals surface area contributed by atoms with Gasteiger partial charge in [-0.2, -0.15) is 0 Å². The topological polar surface area (TPSA) is 70.7 Å². The average molecular weight is 282 g/mol. The van der Waals surface area contributed by atoms with Crippen LogP contribution in [0.5, 0.6) is 0 Å². The first-order chi connectivity index (χ1) is 9.56. The predicted molar refractivity (Wildman–Crippen MR) is 62.6 cm³/mol. The molecular formula is C12H9F3N4O. The van der Waals surface area contributed by atoms with Crippen LogP contribution in [0, 0.1) is 17.5 Å². The summed E-state index contributed by atoms with van der Waals surface area (Å²) in [5, 5.41) is 8.43. The van der Waals surface area contributed by atoms with Crippen molar-refractivity contribution in [3.8, 4) is 0 Å². The molecule has 1 aromatic carbocycles. The fraction of sp³-hybridized carbons (Fsp3) is 0.250. The first-order valence-corrected chi connectivity index (χ1v) is 5.93. The van der Waals surface area contributed by atoms with E-state index in [4.69, 9.17) is 0 Å². The Kier molecular flexibility index (Phi) is 2.92. The van der Waals surface area contributed by atoms with Gasteiger partial charge in [-0.15, -0.1) is 5.10 Å². The minimum Gasteiger partial charge on any atom is -0.317 e. The lowest BCUT2D eigenvalue weighted by Crippen LogP contribution is -2.15. The monoisotopic (exact) mass is 282 g/mol. The number of amides is 1. The van der Waals surface area contributed by atoms with Crippen molar-refractivity contribution < 1.29 is 18.0 Å². The van der Waals surface area contributed by atoms with Crippen LogP contribution in [0.2, 0.25) is 0 Å². The average Bonchev–Trinajstić information content (AvgIpc) is 3.17. The first kappa shape index (κ1) is 12.6. The number of halogens is 3. The van der Waals surface area contributed by atoms with Crippen molar-refractivity contribution in [3.05, 3.63) is 41.2 Å². The highest BCUT2D eigenvalue weighted by molar-refractivity contribution is 6.01. The van der Waals surface area contributed by atoms with E-state index in [0.29, 0.717) is 5.82 Å². The molecule has 1 heterocycles. The maximum atomic E-state index is 13.4. The van der Waals surface area contributed by atoms with Crippen molar-refractivity contribution in [2.75, 3.05) is 5.32 Å². The number of hydrogen-bond donors (Lipinski definition) is 2. The number of carbonyl (C=O) groups is 1. The van der Waals surface area contributed by atoms with Gasteiger partial charge in [0.2, 0.25) is 5.82 Å². The molecule has 0 radical (unpaired) electrons. The van der Waals surface area contributed by atoms with Gasteiger partial charge >= 0.3 is 0 Å². The summed E-state index contributed by atoms with van der Waals surface area (Å²) in [5.74, 6) is -4.51. The molecule has 2 N–H and O–H groups in total. The van der Waals surface area contributed by atoms with Gasteiger partial charge in [-0.1, -0.05) is 0 Å². The maximum Gasteiger partial charge on any atom is 0.295 e. The molecule has 0 unspecified atom stereocenters. The zero-order valence-electron chi connectivity index (χ0n) is 10.1. The Labute approximate surface area is 111 Å². The number of nitrogens with zero attached hydrogens (tertiary/aromatic N) is 2. The van der Waals surface area contributed by atoms with Crippen molar-refractivity contribution in [2.45, 2.75) is 18.8 Å². The minimum atomic E-state index is -1.64. The van der Waals surface area contributed by atoms with Gasteiger partial charge in [-0.25, -0.2) is 18.2 Å². The second-order valence-electron chi connectivity index (χ2n) is 4.50. The highest BCUT2D eigenvalue weighted by atomic mass is 19.2. The molecule has 2 aromatic rings. The summed E-state index contributed by atoms with van der Waals surface area (Å²) in [4.78, 5) is 15.7. The molecule has 1 saturated carbocycles. The lowest BCUT2D eigenvalue weighted by molar-refractivity contribution is 0.101. The second-order valence-corrected chi connectivity index (χ2v) is 4.50. The molecule has 8 heteroatoms. The standard InChI is InChI=1S/C12H9F3N4O/c13-6-3-4-7(9(15)8(6)14)16-12(20)11-17-10(18-19-11)5-1-2-5/h3-5H,1-2H2,(H,16,20)(H,17,18,19). The van der Waals surface area contributed by atoms with Crippen LogP contribution < -0.4 is 5.32 Å². The third-order valence-electron chi connectivity index (χ3n) is 2.95. The summed E-state index contributed by atoms with van der Waals surface area (Å²) in [7, 11) is 0. The smallest absolute Gasteiger partial charge is 0.295 e. The van der Waals surface area contributed by atoms with Crippen molar-refractivity contribution in [3.63, 3.8) is 0 Å². The van der Waals surface area contributed by atoms with E-state index in [2.05, 4.69) is 20.5 Å². The van der Waals surface area contributed by atoms with Crippen LogP contribution in [0.15, 0.2) is 12.1 Å². The molecule has 0 bridgehead atoms. The highest BCUT2D eigenvalue weighted by Gasteiger charge is 2.28. The van der Waals surface area contributed by atoms with E-state index in [-0.39, 0.29) is 11.7 Å². The predicted octanol–water partition coefficient (Wildman–Crippen LogP) is 2.35. The number of H-pyrrole nitrogens is 1. The van der Waals surface area contributed by atoms with Gasteiger partial charge in [-0.3, -0.25) is 9.89 Å². The Hall–Kier alpha value is -2.38. The van der Waals surface area contributed by atoms with Crippen molar-refractivity contribution >= 4 is 11.6 Å². The number of aromatic amines is 1. The van der Waals surface area contributed by atoms with Gasteiger partial charge in [-0.05, 0) is 25.0 Å². The van der Waals surface area contributed by atoms with Crippen LogP contribution in [-0.4, -0.2) is 21.1 Å². The van der Waals surface area contributed by atoms with Crippen molar-refractivity contribution in [1.29, 1.82) is 0 Å². The number of hydrogen-bond acceptors (Lipinski definition) is 3. The van der Waals surface area contributed by atoms with Crippen LogP contribution in [0.1, 0.15) is 35.2 Å². The van der Waals surface area contributed by atoms with Gasteiger partial charge < -0.3 is 5.32 Å². The first-order valence-electron chi connectivity index (χ1n) is 5.93. The van der Waals surface area contributed by atoms with E-state index in [0.717, 1.165) is 25.0 Å². The molecule has 20 heavy (non-hydrogen) atoms. The number of rotatable bonds is 3. The van der Waals surface area contributed by atoms with Gasteiger partial charge in [0.25, 0.3) is 5.91 Å². The van der Waals surface area contributed by atoms with Gasteiger partial charge in [0, 0.05) is 5.92 Å². The van der Waals surface area contributed by atoms with Gasteiger partial charge in [0.1, 0.15) is 5.82 Å². The Bertz CT molecular complexity index is 681. The summed E-state index contributed by atoms with van der Waals surface area (Å²) in [6.07, 6.45) is 1.96. The van der Waals surface area contributed by atoms with E-state index >= 15 is 0 Å². The number of nitrogens with one attached hydrogen (secondary N) is 2. The number of aromatic nitrogens is 3. The molecule has 1 aliphatic carbocycles. The van der Waals surface area contributed by atoms with Gasteiger partial charge in [0.05, 0.1) is 5.69 Å². The summed E-state index contributed by atoms with van der Waals surface area (Å²) in [6.45, 7) is 0.